The van der Waals surface area contributed by atoms with Gasteiger partial charge in [0.25, 0.3) is 21.4 Å². The number of amides is 2. The SMILES string of the molecule is CCCc1cc(Oc2ccccc2)ccc1OCCCCOc1ccc(C2(C)NC(=O)SC2=O)cc1.CCCc1cc(Oc2ccccc2)ccc1OCCCCOc1ccc(C2(F)NC(=O)SC2=O)cc1. The number of carbonyl (C=O) groups is 4. The molecule has 2 atom stereocenters. The molecule has 2 aliphatic rings. The van der Waals surface area contributed by atoms with Crippen LogP contribution in [0.4, 0.5) is 14.0 Å². The van der Waals surface area contributed by atoms with Gasteiger partial charge in [0.15, 0.2) is 0 Å². The lowest BCUT2D eigenvalue weighted by molar-refractivity contribution is -0.122. The molecular formula is C57H59FN2O10S2. The molecule has 12 nitrogen and oxygen atoms in total. The van der Waals surface area contributed by atoms with Gasteiger partial charge in [-0.15, -0.1) is 0 Å². The molecule has 2 saturated heterocycles. The first-order valence-electron chi connectivity index (χ1n) is 24.2. The first-order chi connectivity index (χ1) is 34.9. The van der Waals surface area contributed by atoms with E-state index in [1.54, 1.807) is 19.1 Å². The Bertz CT molecular complexity index is 2560. The van der Waals surface area contributed by atoms with Crippen molar-refractivity contribution in [1.29, 1.82) is 0 Å². The van der Waals surface area contributed by atoms with Crippen LogP contribution >= 0.6 is 23.5 Å². The molecule has 2 aliphatic heterocycles. The van der Waals surface area contributed by atoms with E-state index in [1.807, 2.05) is 115 Å². The van der Waals surface area contributed by atoms with Crippen molar-refractivity contribution in [3.8, 4) is 46.0 Å². The number of para-hydroxylation sites is 2. The van der Waals surface area contributed by atoms with Crippen LogP contribution in [0.5, 0.6) is 46.0 Å². The van der Waals surface area contributed by atoms with Gasteiger partial charge in [-0.25, -0.2) is 4.39 Å². The summed E-state index contributed by atoms with van der Waals surface area (Å²) in [4.78, 5) is 46.8. The van der Waals surface area contributed by atoms with E-state index in [2.05, 4.69) is 30.5 Å². The molecule has 72 heavy (non-hydrogen) atoms. The van der Waals surface area contributed by atoms with E-state index >= 15 is 0 Å². The van der Waals surface area contributed by atoms with Crippen LogP contribution in [-0.4, -0.2) is 47.1 Å². The van der Waals surface area contributed by atoms with Gasteiger partial charge in [0.1, 0.15) is 51.5 Å². The minimum Gasteiger partial charge on any atom is -0.494 e. The zero-order chi connectivity index (χ0) is 50.8. The molecule has 0 bridgehead atoms. The van der Waals surface area contributed by atoms with Crippen LogP contribution in [0.25, 0.3) is 0 Å². The maximum absolute atomic E-state index is 14.8. The second-order valence-electron chi connectivity index (χ2n) is 17.1. The first-order valence-corrected chi connectivity index (χ1v) is 25.8. The minimum absolute atomic E-state index is 0.0784. The van der Waals surface area contributed by atoms with Crippen molar-refractivity contribution >= 4 is 44.2 Å². The maximum Gasteiger partial charge on any atom is 0.289 e. The lowest BCUT2D eigenvalue weighted by Gasteiger charge is -2.21. The summed E-state index contributed by atoms with van der Waals surface area (Å²) in [7, 11) is 0. The molecule has 15 heteroatoms. The number of carbonyl (C=O) groups excluding carboxylic acids is 4. The van der Waals surface area contributed by atoms with Gasteiger partial charge in [0.05, 0.1) is 26.4 Å². The second-order valence-corrected chi connectivity index (χ2v) is 19.0. The third kappa shape index (κ3) is 14.6. The van der Waals surface area contributed by atoms with Crippen molar-refractivity contribution in [2.75, 3.05) is 26.4 Å². The lowest BCUT2D eigenvalue weighted by atomic mass is 9.94. The highest BCUT2D eigenvalue weighted by atomic mass is 32.2. The quantitative estimate of drug-likeness (QED) is 0.0439. The molecule has 2 fully saturated rings. The fourth-order valence-corrected chi connectivity index (χ4v) is 9.20. The molecule has 0 radical (unpaired) electrons. The van der Waals surface area contributed by atoms with Gasteiger partial charge in [-0.3, -0.25) is 19.2 Å². The smallest absolute Gasteiger partial charge is 0.289 e. The van der Waals surface area contributed by atoms with Gasteiger partial charge in [0.2, 0.25) is 5.12 Å². The molecule has 2 N–H and O–H groups in total. The summed E-state index contributed by atoms with van der Waals surface area (Å²) in [5.74, 6) is 3.77. The fraction of sp³-hybridized carbons (Fsp3) is 0.298. The van der Waals surface area contributed by atoms with E-state index in [4.69, 9.17) is 28.4 Å². The predicted octanol–water partition coefficient (Wildman–Crippen LogP) is 13.6. The van der Waals surface area contributed by atoms with Gasteiger partial charge in [-0.05, 0) is 159 Å². The molecule has 2 unspecified atom stereocenters. The lowest BCUT2D eigenvalue weighted by Crippen LogP contribution is -2.39. The number of hydrogen-bond donors (Lipinski definition) is 2. The molecular weight excluding hydrogens is 956 g/mol. The Hall–Kier alpha value is -6.97. The largest absolute Gasteiger partial charge is 0.494 e. The Morgan fingerprint density at radius 1 is 0.458 bits per heavy atom. The summed E-state index contributed by atoms with van der Waals surface area (Å²) in [5, 5.41) is 2.74. The summed E-state index contributed by atoms with van der Waals surface area (Å²) >= 11 is 1.05. The van der Waals surface area contributed by atoms with Crippen LogP contribution in [-0.2, 0) is 33.8 Å². The van der Waals surface area contributed by atoms with Crippen LogP contribution in [0.1, 0.15) is 81.5 Å². The van der Waals surface area contributed by atoms with E-state index in [0.717, 1.165) is 108 Å². The molecule has 6 aromatic rings. The Morgan fingerprint density at radius 3 is 1.26 bits per heavy atom. The molecule has 2 amide bonds. The van der Waals surface area contributed by atoms with Crippen LogP contribution in [0.2, 0.25) is 0 Å². The maximum atomic E-state index is 14.8. The van der Waals surface area contributed by atoms with Crippen molar-refractivity contribution in [3.63, 3.8) is 0 Å². The van der Waals surface area contributed by atoms with Crippen molar-refractivity contribution in [2.24, 2.45) is 0 Å². The Kier molecular flexibility index (Phi) is 19.0. The van der Waals surface area contributed by atoms with Gasteiger partial charge in [0, 0.05) is 29.1 Å². The molecule has 8 rings (SSSR count). The molecule has 0 saturated carbocycles. The fourth-order valence-electron chi connectivity index (χ4n) is 7.74. The third-order valence-electron chi connectivity index (χ3n) is 11.6. The van der Waals surface area contributed by atoms with E-state index < -0.39 is 21.7 Å². The van der Waals surface area contributed by atoms with Crippen LogP contribution in [0.3, 0.4) is 0 Å². The topological polar surface area (TPSA) is 148 Å². The molecule has 0 spiro atoms. The highest BCUT2D eigenvalue weighted by molar-refractivity contribution is 8.27. The highest BCUT2D eigenvalue weighted by Crippen LogP contribution is 2.37. The number of halogens is 1. The average Bonchev–Trinajstić information content (AvgIpc) is 3.82. The number of benzene rings is 6. The summed E-state index contributed by atoms with van der Waals surface area (Å²) in [6.07, 6.45) is 7.14. The van der Waals surface area contributed by atoms with E-state index in [9.17, 15) is 23.6 Å². The number of aryl methyl sites for hydroxylation is 2. The average molecular weight is 1020 g/mol. The number of unbranched alkanes of at least 4 members (excludes halogenated alkanes) is 2. The number of thioether (sulfide) groups is 2. The van der Waals surface area contributed by atoms with Crippen LogP contribution in [0.15, 0.2) is 146 Å². The van der Waals surface area contributed by atoms with E-state index in [0.29, 0.717) is 55.7 Å². The molecule has 0 aromatic heterocycles. The minimum atomic E-state index is -2.49. The molecule has 6 aromatic carbocycles. The molecule has 2 heterocycles. The molecule has 376 valence electrons. The second kappa shape index (κ2) is 25.9. The van der Waals surface area contributed by atoms with Gasteiger partial charge in [-0.2, -0.15) is 0 Å². The van der Waals surface area contributed by atoms with E-state index in [1.165, 1.54) is 12.1 Å². The van der Waals surface area contributed by atoms with Gasteiger partial charge in [-0.1, -0.05) is 75.2 Å². The van der Waals surface area contributed by atoms with Crippen LogP contribution in [0, 0.1) is 0 Å². The monoisotopic (exact) mass is 1010 g/mol. The van der Waals surface area contributed by atoms with Crippen molar-refractivity contribution < 1.29 is 52.0 Å². The van der Waals surface area contributed by atoms with E-state index in [-0.39, 0.29) is 15.9 Å². The highest BCUT2D eigenvalue weighted by Gasteiger charge is 2.49. The normalized spacial score (nSPS) is 17.1. The molecule has 0 aliphatic carbocycles. The number of alkyl halides is 1. The number of hydrogen-bond acceptors (Lipinski definition) is 12. The predicted molar refractivity (Wildman–Crippen MR) is 280 cm³/mol. The zero-order valence-electron chi connectivity index (χ0n) is 40.6. The zero-order valence-corrected chi connectivity index (χ0v) is 42.3. The Labute approximate surface area is 428 Å². The van der Waals surface area contributed by atoms with Crippen molar-refractivity contribution in [3.05, 3.63) is 168 Å². The van der Waals surface area contributed by atoms with Gasteiger partial charge >= 0.3 is 0 Å². The first kappa shape index (κ1) is 52.8. The Balaban J connectivity index is 0.000000211. The van der Waals surface area contributed by atoms with Crippen molar-refractivity contribution in [1.82, 2.24) is 10.6 Å². The van der Waals surface area contributed by atoms with Crippen molar-refractivity contribution in [2.45, 2.75) is 83.5 Å². The van der Waals surface area contributed by atoms with Gasteiger partial charge < -0.3 is 39.1 Å². The number of rotatable bonds is 24. The summed E-state index contributed by atoms with van der Waals surface area (Å²) in [5.41, 5.74) is 2.10. The summed E-state index contributed by atoms with van der Waals surface area (Å²) in [6.45, 7) is 8.21. The number of nitrogens with one attached hydrogen (secondary N) is 2. The Morgan fingerprint density at radius 2 is 0.861 bits per heavy atom. The number of ether oxygens (including phenoxy) is 6. The summed E-state index contributed by atoms with van der Waals surface area (Å²) in [6, 6.07) is 44.7. The standard InChI is InChI=1S/C29H31NO5S.C28H28FNO5S/c1-3-9-21-20-25(35-24-10-5-4-6-11-24)16-17-26(21)34-19-8-7-18-33-23-14-12-22(13-15-23)29(2)27(31)36-28(32)30-29;1-2-8-20-19-24(35-23-9-4-3-5-10-23)15-16-25(20)34-18-7-6-17-33-22-13-11-21(12-14-22)28(29)26(31)36-27(32)30-28/h4-6,10-17,20H,3,7-9,18-19H2,1-2H3,(H,30,32);3-5,9-16,19H,2,6-8,17-18H2,1H3,(H,30,32). The third-order valence-corrected chi connectivity index (χ3v) is 13.2. The van der Waals surface area contributed by atoms with Crippen LogP contribution < -0.4 is 39.1 Å². The summed E-state index contributed by atoms with van der Waals surface area (Å²) < 4.78 is 50.4.